The summed E-state index contributed by atoms with van der Waals surface area (Å²) in [6.45, 7) is 5.18. The molecule has 3 heterocycles. The summed E-state index contributed by atoms with van der Waals surface area (Å²) >= 11 is 0. The van der Waals surface area contributed by atoms with E-state index in [9.17, 15) is 13.2 Å². The van der Waals surface area contributed by atoms with E-state index in [4.69, 9.17) is 4.74 Å². The first-order valence-electron chi connectivity index (χ1n) is 10.3. The lowest BCUT2D eigenvalue weighted by molar-refractivity contribution is 0.0975. The van der Waals surface area contributed by atoms with Gasteiger partial charge in [-0.25, -0.2) is 23.1 Å². The summed E-state index contributed by atoms with van der Waals surface area (Å²) in [5.74, 6) is 0.367. The van der Waals surface area contributed by atoms with Crippen LogP contribution < -0.4 is 14.9 Å². The zero-order valence-electron chi connectivity index (χ0n) is 19.3. The molecule has 178 valence electrons. The Bertz CT molecular complexity index is 1260. The lowest BCUT2D eigenvalue weighted by Gasteiger charge is -2.14. The molecule has 3 aromatic heterocycles. The smallest absolute Gasteiger partial charge is 0.287 e. The summed E-state index contributed by atoms with van der Waals surface area (Å²) in [6, 6.07) is 3.72. The van der Waals surface area contributed by atoms with Gasteiger partial charge in [-0.05, 0) is 31.0 Å². The number of carbonyl (C=O) groups excluding carboxylic acids is 1. The van der Waals surface area contributed by atoms with E-state index in [-0.39, 0.29) is 11.2 Å². The summed E-state index contributed by atoms with van der Waals surface area (Å²) < 4.78 is 32.4. The third-order valence-corrected chi connectivity index (χ3v) is 4.98. The summed E-state index contributed by atoms with van der Waals surface area (Å²) in [7, 11) is -0.280. The van der Waals surface area contributed by atoms with Gasteiger partial charge in [0.05, 0.1) is 19.4 Å². The molecule has 0 aromatic carbocycles. The average molecular weight is 477 g/mol. The maximum Gasteiger partial charge on any atom is 0.287 e. The normalized spacial score (nSPS) is 11.5. The molecule has 1 amide bonds. The molecule has 33 heavy (non-hydrogen) atoms. The largest absolute Gasteiger partial charge is 0.380 e. The van der Waals surface area contributed by atoms with Crippen LogP contribution in [-0.4, -0.2) is 72.6 Å². The summed E-state index contributed by atoms with van der Waals surface area (Å²) in [5, 5.41) is 7.56. The number of carbonyl (C=O) groups is 1. The van der Waals surface area contributed by atoms with Gasteiger partial charge in [0.25, 0.3) is 5.91 Å². The minimum absolute atomic E-state index is 0.128. The fraction of sp³-hybridized carbons (Fsp3) is 0.450. The van der Waals surface area contributed by atoms with Crippen LogP contribution >= 0.6 is 0 Å². The molecule has 0 bridgehead atoms. The minimum atomic E-state index is -3.80. The summed E-state index contributed by atoms with van der Waals surface area (Å²) in [6.07, 6.45) is 3.44. The number of aryl methyl sites for hydroxylation is 1. The highest BCUT2D eigenvalue weighted by Gasteiger charge is 2.25. The van der Waals surface area contributed by atoms with Crippen molar-refractivity contribution in [3.63, 3.8) is 0 Å². The molecule has 0 atom stereocenters. The molecule has 3 aromatic rings. The predicted molar refractivity (Wildman–Crippen MR) is 125 cm³/mol. The van der Waals surface area contributed by atoms with Crippen LogP contribution in [0.25, 0.3) is 11.0 Å². The maximum atomic E-state index is 12.8. The van der Waals surface area contributed by atoms with Crippen molar-refractivity contribution in [2.75, 3.05) is 43.8 Å². The molecule has 0 saturated carbocycles. The third kappa shape index (κ3) is 6.14. The number of sulfonamides is 1. The monoisotopic (exact) mass is 476 g/mol. The molecule has 0 radical (unpaired) electrons. The number of fused-ring (bicyclic) bond motifs is 1. The molecular formula is C20H28N8O4S. The average Bonchev–Trinajstić information content (AvgIpc) is 3.09. The molecule has 2 N–H and O–H groups in total. The van der Waals surface area contributed by atoms with Gasteiger partial charge in [-0.15, -0.1) is 0 Å². The maximum absolute atomic E-state index is 12.8. The molecule has 0 unspecified atom stereocenters. The zero-order chi connectivity index (χ0) is 24.2. The van der Waals surface area contributed by atoms with Crippen LogP contribution in [0, 0.1) is 6.92 Å². The summed E-state index contributed by atoms with van der Waals surface area (Å²) in [5.41, 5.74) is 1.51. The Hall–Kier alpha value is -3.32. The second kappa shape index (κ2) is 10.1. The number of nitrogens with zero attached hydrogens (tertiary/aromatic N) is 6. The molecular weight excluding hydrogens is 448 g/mol. The van der Waals surface area contributed by atoms with Crippen molar-refractivity contribution in [1.29, 1.82) is 0 Å². The number of hydrogen-bond donors (Lipinski definition) is 2. The first kappa shape index (κ1) is 24.3. The number of anilines is 3. The Balaban J connectivity index is 2.18. The highest BCUT2D eigenvalue weighted by molar-refractivity contribution is 7.89. The van der Waals surface area contributed by atoms with Crippen LogP contribution in [0.15, 0.2) is 18.3 Å². The molecule has 0 spiro atoms. The van der Waals surface area contributed by atoms with E-state index in [1.54, 1.807) is 29.9 Å². The number of aromatic nitrogens is 5. The number of pyridine rings is 1. The van der Waals surface area contributed by atoms with Crippen LogP contribution in [-0.2, 0) is 21.3 Å². The fourth-order valence-corrected chi connectivity index (χ4v) is 3.45. The fourth-order valence-electron chi connectivity index (χ4n) is 3.01. The second-order valence-corrected chi connectivity index (χ2v) is 9.44. The third-order valence-electron chi connectivity index (χ3n) is 4.43. The number of ether oxygens (including phenoxy) is 1. The Morgan fingerprint density at radius 1 is 1.24 bits per heavy atom. The van der Waals surface area contributed by atoms with Gasteiger partial charge in [0, 0.05) is 26.9 Å². The van der Waals surface area contributed by atoms with Gasteiger partial charge in [-0.1, -0.05) is 6.92 Å². The van der Waals surface area contributed by atoms with Gasteiger partial charge in [0.2, 0.25) is 16.0 Å². The van der Waals surface area contributed by atoms with Crippen molar-refractivity contribution in [2.24, 2.45) is 0 Å². The van der Waals surface area contributed by atoms with Crippen LogP contribution in [0.3, 0.4) is 0 Å². The number of amides is 1. The quantitative estimate of drug-likeness (QED) is 0.413. The van der Waals surface area contributed by atoms with Gasteiger partial charge in [0.15, 0.2) is 11.5 Å². The van der Waals surface area contributed by atoms with Crippen molar-refractivity contribution in [3.8, 4) is 0 Å². The standard InChI is InChI=1S/C20H28N8O4S/c1-6-10-32-11-9-28-17-15(16(25-28)19(29)26-33(5,30)31)23-20(27(3)4)24-18(17)22-14-12-13(2)7-8-21-14/h7-8,12H,6,9-11H2,1-5H3,(H,26,29)(H,21,22,23,24). The first-order valence-corrected chi connectivity index (χ1v) is 12.2. The van der Waals surface area contributed by atoms with Crippen molar-refractivity contribution < 1.29 is 17.9 Å². The second-order valence-electron chi connectivity index (χ2n) is 7.69. The van der Waals surface area contributed by atoms with Gasteiger partial charge in [-0.3, -0.25) is 9.48 Å². The molecule has 12 nitrogen and oxygen atoms in total. The first-order chi connectivity index (χ1) is 15.6. The molecule has 13 heteroatoms. The molecule has 0 fully saturated rings. The Morgan fingerprint density at radius 3 is 2.64 bits per heavy atom. The van der Waals surface area contributed by atoms with Crippen LogP contribution in [0.2, 0.25) is 0 Å². The molecule has 0 saturated heterocycles. The SMILES string of the molecule is CCCOCCn1nc(C(=O)NS(C)(=O)=O)c2nc(N(C)C)nc(Nc3cc(C)ccn3)c21. The Morgan fingerprint density at radius 2 is 2.00 bits per heavy atom. The van der Waals surface area contributed by atoms with E-state index in [1.165, 1.54) is 0 Å². The Kier molecular flexibility index (Phi) is 7.43. The van der Waals surface area contributed by atoms with Crippen LogP contribution in [0.1, 0.15) is 29.4 Å². The van der Waals surface area contributed by atoms with E-state index in [2.05, 4.69) is 25.4 Å². The van der Waals surface area contributed by atoms with Crippen molar-refractivity contribution >= 4 is 44.5 Å². The van der Waals surface area contributed by atoms with Crippen LogP contribution in [0.5, 0.6) is 0 Å². The number of hydrogen-bond acceptors (Lipinski definition) is 10. The molecule has 0 aliphatic heterocycles. The predicted octanol–water partition coefficient (Wildman–Crippen LogP) is 1.46. The van der Waals surface area contributed by atoms with E-state index in [0.717, 1.165) is 18.2 Å². The van der Waals surface area contributed by atoms with Gasteiger partial charge in [-0.2, -0.15) is 10.1 Å². The number of rotatable bonds is 10. The van der Waals surface area contributed by atoms with Gasteiger partial charge in [0.1, 0.15) is 16.9 Å². The van der Waals surface area contributed by atoms with Crippen molar-refractivity contribution in [1.82, 2.24) is 29.5 Å². The van der Waals surface area contributed by atoms with Gasteiger partial charge < -0.3 is 15.0 Å². The Labute approximate surface area is 192 Å². The van der Waals surface area contributed by atoms with E-state index < -0.39 is 15.9 Å². The van der Waals surface area contributed by atoms with E-state index in [1.807, 2.05) is 30.7 Å². The number of nitrogens with one attached hydrogen (secondary N) is 2. The lowest BCUT2D eigenvalue weighted by atomic mass is 10.3. The van der Waals surface area contributed by atoms with Crippen molar-refractivity contribution in [2.45, 2.75) is 26.8 Å². The van der Waals surface area contributed by atoms with E-state index >= 15 is 0 Å². The molecule has 3 rings (SSSR count). The minimum Gasteiger partial charge on any atom is -0.380 e. The lowest BCUT2D eigenvalue weighted by Crippen LogP contribution is -2.30. The van der Waals surface area contributed by atoms with Crippen LogP contribution in [0.4, 0.5) is 17.6 Å². The summed E-state index contributed by atoms with van der Waals surface area (Å²) in [4.78, 5) is 27.8. The van der Waals surface area contributed by atoms with Crippen molar-refractivity contribution in [3.05, 3.63) is 29.6 Å². The highest BCUT2D eigenvalue weighted by Crippen LogP contribution is 2.28. The van der Waals surface area contributed by atoms with E-state index in [0.29, 0.717) is 42.9 Å². The molecule has 0 aliphatic rings. The molecule has 0 aliphatic carbocycles. The highest BCUT2D eigenvalue weighted by atomic mass is 32.2. The topological polar surface area (TPSA) is 144 Å². The zero-order valence-corrected chi connectivity index (χ0v) is 20.1. The van der Waals surface area contributed by atoms with Gasteiger partial charge >= 0.3 is 0 Å².